The predicted octanol–water partition coefficient (Wildman–Crippen LogP) is 4.95. The van der Waals surface area contributed by atoms with Gasteiger partial charge in [0.15, 0.2) is 17.5 Å². The molecule has 0 radical (unpaired) electrons. The number of hydrogen-bond acceptors (Lipinski definition) is 3. The Balaban J connectivity index is 1.98. The van der Waals surface area contributed by atoms with Gasteiger partial charge >= 0.3 is 6.18 Å². The molecule has 0 bridgehead atoms. The first kappa shape index (κ1) is 21.4. The summed E-state index contributed by atoms with van der Waals surface area (Å²) in [6, 6.07) is 2.59. The lowest BCUT2D eigenvalue weighted by Gasteiger charge is -2.11. The van der Waals surface area contributed by atoms with Gasteiger partial charge in [0.2, 0.25) is 0 Å². The van der Waals surface area contributed by atoms with Crippen molar-refractivity contribution in [3.63, 3.8) is 0 Å². The Morgan fingerprint density at radius 3 is 2.43 bits per heavy atom. The highest BCUT2D eigenvalue weighted by atomic mass is 19.4. The van der Waals surface area contributed by atoms with E-state index in [0.29, 0.717) is 31.8 Å². The normalized spacial score (nSPS) is 11.4. The zero-order valence-electron chi connectivity index (χ0n) is 15.9. The van der Waals surface area contributed by atoms with Crippen LogP contribution in [-0.2, 0) is 12.7 Å². The lowest BCUT2D eigenvalue weighted by Crippen LogP contribution is -2.21. The number of aromatic nitrogens is 3. The average molecular weight is 421 g/mol. The molecule has 30 heavy (non-hydrogen) atoms. The highest BCUT2D eigenvalue weighted by Crippen LogP contribution is 2.30. The van der Waals surface area contributed by atoms with Gasteiger partial charge in [-0.15, -0.1) is 11.8 Å². The molecule has 2 aromatic heterocycles. The Morgan fingerprint density at radius 1 is 1.10 bits per heavy atom. The standard InChI is InChI=1S/C21H16F5N3O/c1-2-3-4-5-6-8-29-9-7-13-10-15(17(22)18(23)16(13)20(29)30)19-27-11-14(12-28-19)21(24,25)26/h7,9-12H,4-6,8H2,1H3. The van der Waals surface area contributed by atoms with Gasteiger partial charge in [0.05, 0.1) is 16.5 Å². The summed E-state index contributed by atoms with van der Waals surface area (Å²) in [4.78, 5) is 19.6. The SMILES string of the molecule is CC#CCCCCn1ccc2cc(-c3ncc(C(F)(F)F)cn3)c(F)c(F)c2c1=O. The van der Waals surface area contributed by atoms with E-state index in [1.165, 1.54) is 16.8 Å². The minimum Gasteiger partial charge on any atom is -0.315 e. The second-order valence-electron chi connectivity index (χ2n) is 6.51. The average Bonchev–Trinajstić information content (AvgIpc) is 2.71. The van der Waals surface area contributed by atoms with E-state index >= 15 is 0 Å². The molecule has 4 nitrogen and oxygen atoms in total. The number of aryl methyl sites for hydroxylation is 1. The van der Waals surface area contributed by atoms with Gasteiger partial charge in [0, 0.05) is 31.6 Å². The van der Waals surface area contributed by atoms with E-state index in [4.69, 9.17) is 0 Å². The fraction of sp³-hybridized carbons (Fsp3) is 0.286. The largest absolute Gasteiger partial charge is 0.419 e. The smallest absolute Gasteiger partial charge is 0.315 e. The van der Waals surface area contributed by atoms with Gasteiger partial charge in [-0.2, -0.15) is 13.2 Å². The molecule has 0 saturated carbocycles. The van der Waals surface area contributed by atoms with E-state index < -0.39 is 45.7 Å². The molecule has 3 rings (SSSR count). The van der Waals surface area contributed by atoms with Crippen LogP contribution in [0.15, 0.2) is 35.5 Å². The van der Waals surface area contributed by atoms with Crippen molar-refractivity contribution in [2.75, 3.05) is 0 Å². The molecule has 0 unspecified atom stereocenters. The van der Waals surface area contributed by atoms with Crippen molar-refractivity contribution >= 4 is 10.8 Å². The Bertz CT molecular complexity index is 1190. The number of hydrogen-bond donors (Lipinski definition) is 0. The first-order valence-electron chi connectivity index (χ1n) is 9.04. The molecular weight excluding hydrogens is 405 g/mol. The van der Waals surface area contributed by atoms with Crippen LogP contribution in [0.25, 0.3) is 22.2 Å². The van der Waals surface area contributed by atoms with E-state index in [9.17, 15) is 26.7 Å². The first-order valence-corrected chi connectivity index (χ1v) is 9.04. The maximum Gasteiger partial charge on any atom is 0.419 e. The Morgan fingerprint density at radius 2 is 1.80 bits per heavy atom. The Kier molecular flexibility index (Phi) is 6.15. The second kappa shape index (κ2) is 8.61. The minimum atomic E-state index is -4.65. The number of unbranched alkanes of at least 4 members (excludes halogenated alkanes) is 2. The summed E-state index contributed by atoms with van der Waals surface area (Å²) >= 11 is 0. The molecule has 0 fully saturated rings. The zero-order valence-corrected chi connectivity index (χ0v) is 15.9. The van der Waals surface area contributed by atoms with Crippen molar-refractivity contribution < 1.29 is 22.0 Å². The molecule has 0 atom stereocenters. The number of nitrogens with zero attached hydrogens (tertiary/aromatic N) is 3. The van der Waals surface area contributed by atoms with Crippen molar-refractivity contribution in [1.29, 1.82) is 0 Å². The lowest BCUT2D eigenvalue weighted by atomic mass is 10.1. The van der Waals surface area contributed by atoms with E-state index in [2.05, 4.69) is 21.8 Å². The van der Waals surface area contributed by atoms with Crippen LogP contribution in [0.1, 0.15) is 31.7 Å². The minimum absolute atomic E-state index is 0.102. The number of pyridine rings is 1. The van der Waals surface area contributed by atoms with Crippen LogP contribution in [0.5, 0.6) is 0 Å². The maximum atomic E-state index is 14.7. The summed E-state index contributed by atoms with van der Waals surface area (Å²) in [6.07, 6.45) is -0.132. The van der Waals surface area contributed by atoms with Crippen LogP contribution in [0.4, 0.5) is 22.0 Å². The van der Waals surface area contributed by atoms with Crippen LogP contribution >= 0.6 is 0 Å². The van der Waals surface area contributed by atoms with E-state index in [-0.39, 0.29) is 5.39 Å². The summed E-state index contributed by atoms with van der Waals surface area (Å²) in [7, 11) is 0. The summed E-state index contributed by atoms with van der Waals surface area (Å²) in [5, 5.41) is -0.329. The van der Waals surface area contributed by atoms with Crippen molar-refractivity contribution in [1.82, 2.24) is 14.5 Å². The van der Waals surface area contributed by atoms with Crippen molar-refractivity contribution in [3.05, 3.63) is 58.3 Å². The molecule has 0 spiro atoms. The summed E-state index contributed by atoms with van der Waals surface area (Å²) in [5.41, 5.74) is -2.23. The molecule has 2 heterocycles. The molecule has 1 aromatic carbocycles. The van der Waals surface area contributed by atoms with E-state index in [0.717, 1.165) is 12.5 Å². The molecule has 3 aromatic rings. The molecule has 0 saturated heterocycles. The Labute approximate surface area is 168 Å². The third kappa shape index (κ3) is 4.32. The number of benzene rings is 1. The summed E-state index contributed by atoms with van der Waals surface area (Å²) in [6.45, 7) is 2.06. The van der Waals surface area contributed by atoms with Gasteiger partial charge in [0.1, 0.15) is 0 Å². The van der Waals surface area contributed by atoms with Crippen LogP contribution in [0.3, 0.4) is 0 Å². The predicted molar refractivity (Wildman–Crippen MR) is 101 cm³/mol. The van der Waals surface area contributed by atoms with Gasteiger partial charge < -0.3 is 4.57 Å². The molecule has 0 aliphatic rings. The molecule has 0 aliphatic heterocycles. The topological polar surface area (TPSA) is 47.8 Å². The van der Waals surface area contributed by atoms with Gasteiger partial charge in [-0.3, -0.25) is 4.79 Å². The lowest BCUT2D eigenvalue weighted by molar-refractivity contribution is -0.138. The van der Waals surface area contributed by atoms with Crippen LogP contribution in [0, 0.1) is 23.5 Å². The highest BCUT2D eigenvalue weighted by Gasteiger charge is 2.31. The van der Waals surface area contributed by atoms with E-state index in [1.54, 1.807) is 6.92 Å². The van der Waals surface area contributed by atoms with Gasteiger partial charge in [-0.05, 0) is 37.3 Å². The second-order valence-corrected chi connectivity index (χ2v) is 6.51. The maximum absolute atomic E-state index is 14.7. The van der Waals surface area contributed by atoms with Crippen LogP contribution in [-0.4, -0.2) is 14.5 Å². The van der Waals surface area contributed by atoms with Crippen LogP contribution in [0.2, 0.25) is 0 Å². The Hall–Kier alpha value is -3.28. The van der Waals surface area contributed by atoms with Crippen LogP contribution < -0.4 is 5.56 Å². The number of fused-ring (bicyclic) bond motifs is 1. The number of alkyl halides is 3. The molecule has 0 amide bonds. The first-order chi connectivity index (χ1) is 14.2. The van der Waals surface area contributed by atoms with Gasteiger partial charge in [-0.1, -0.05) is 0 Å². The fourth-order valence-corrected chi connectivity index (χ4v) is 2.95. The van der Waals surface area contributed by atoms with Gasteiger partial charge in [0.25, 0.3) is 5.56 Å². The number of halogens is 5. The van der Waals surface area contributed by atoms with Crippen molar-refractivity contribution in [2.45, 2.75) is 38.9 Å². The molecule has 0 aliphatic carbocycles. The third-order valence-electron chi connectivity index (χ3n) is 4.49. The molecule has 156 valence electrons. The van der Waals surface area contributed by atoms with Crippen molar-refractivity contribution in [2.24, 2.45) is 0 Å². The molecule has 9 heteroatoms. The fourth-order valence-electron chi connectivity index (χ4n) is 2.95. The third-order valence-corrected chi connectivity index (χ3v) is 4.49. The quantitative estimate of drug-likeness (QED) is 0.333. The zero-order chi connectivity index (χ0) is 21.9. The molecule has 0 N–H and O–H groups in total. The number of rotatable bonds is 5. The summed E-state index contributed by atoms with van der Waals surface area (Å²) < 4.78 is 68.5. The highest BCUT2D eigenvalue weighted by molar-refractivity contribution is 5.86. The van der Waals surface area contributed by atoms with E-state index in [1.807, 2.05) is 0 Å². The molecular formula is C21H16F5N3O. The monoisotopic (exact) mass is 421 g/mol. The summed E-state index contributed by atoms with van der Waals surface area (Å²) in [5.74, 6) is 2.48. The van der Waals surface area contributed by atoms with Gasteiger partial charge in [-0.25, -0.2) is 18.7 Å². The van der Waals surface area contributed by atoms with Crippen molar-refractivity contribution in [3.8, 4) is 23.2 Å².